The Kier molecular flexibility index (Phi) is 16.3. The molecule has 1 unspecified atom stereocenters. The van der Waals surface area contributed by atoms with E-state index in [2.05, 4.69) is 45.1 Å². The van der Waals surface area contributed by atoms with Gasteiger partial charge in [-0.1, -0.05) is 75.8 Å². The van der Waals surface area contributed by atoms with Crippen molar-refractivity contribution in [3.8, 4) is 6.07 Å². The number of rotatable bonds is 21. The third kappa shape index (κ3) is 12.2. The number of nitriles is 1. The summed E-state index contributed by atoms with van der Waals surface area (Å²) in [4.78, 5) is 30.1. The monoisotopic (exact) mass is 671 g/mol. The number of benzene rings is 2. The first-order valence-electron chi connectivity index (χ1n) is 16.5. The van der Waals surface area contributed by atoms with E-state index in [1.165, 1.54) is 6.42 Å². The summed E-state index contributed by atoms with van der Waals surface area (Å²) in [6.45, 7) is 15.2. The molecule has 0 saturated carbocycles. The summed E-state index contributed by atoms with van der Waals surface area (Å²) < 4.78 is 11.1. The van der Waals surface area contributed by atoms with Gasteiger partial charge in [0.2, 0.25) is 5.69 Å². The van der Waals surface area contributed by atoms with Crippen molar-refractivity contribution in [2.45, 2.75) is 78.7 Å². The number of carboxylic acids is 1. The van der Waals surface area contributed by atoms with Gasteiger partial charge in [0.05, 0.1) is 42.7 Å². The number of unbranched alkanes of at least 4 members (excludes halogenated alkanes) is 5. The number of azo groups is 1. The van der Waals surface area contributed by atoms with Crippen molar-refractivity contribution in [3.63, 3.8) is 0 Å². The molecule has 0 amide bonds. The van der Waals surface area contributed by atoms with E-state index >= 15 is 0 Å². The Bertz CT molecular complexity index is 1590. The van der Waals surface area contributed by atoms with Gasteiger partial charge < -0.3 is 19.5 Å². The molecule has 0 aliphatic carbocycles. The Hall–Kier alpha value is -4.58. The van der Waals surface area contributed by atoms with Crippen molar-refractivity contribution in [3.05, 3.63) is 81.5 Å². The molecule has 0 radical (unpaired) electrons. The van der Waals surface area contributed by atoms with Crippen LogP contribution in [0.2, 0.25) is 0 Å². The molecular formula is C37H45N5O5S. The second kappa shape index (κ2) is 20.6. The Balaban J connectivity index is 1.53. The van der Waals surface area contributed by atoms with Crippen molar-refractivity contribution in [1.82, 2.24) is 0 Å². The second-order valence-electron chi connectivity index (χ2n) is 11.6. The number of carboxylic acid groups (broad SMARTS) is 1. The number of anilines is 1. The lowest BCUT2D eigenvalue weighted by molar-refractivity contribution is -0.152. The zero-order valence-electron chi connectivity index (χ0n) is 28.1. The quantitative estimate of drug-likeness (QED) is 0.0517. The lowest BCUT2D eigenvalue weighted by atomic mass is 9.97. The maximum Gasteiger partial charge on any atom is 0.307 e. The van der Waals surface area contributed by atoms with Crippen molar-refractivity contribution in [1.29, 1.82) is 5.26 Å². The van der Waals surface area contributed by atoms with Crippen molar-refractivity contribution < 1.29 is 24.2 Å². The van der Waals surface area contributed by atoms with Crippen LogP contribution in [0.1, 0.15) is 79.9 Å². The predicted molar refractivity (Wildman–Crippen MR) is 188 cm³/mol. The number of carbonyl (C=O) groups is 2. The van der Waals surface area contributed by atoms with Gasteiger partial charge in [-0.2, -0.15) is 15.5 Å². The minimum absolute atomic E-state index is 0.0640. The molecule has 1 N–H and O–H groups in total. The predicted octanol–water partition coefficient (Wildman–Crippen LogP) is 9.61. The normalized spacial score (nSPS) is 11.6. The first kappa shape index (κ1) is 37.9. The molecule has 48 heavy (non-hydrogen) atoms. The number of ether oxygens (including phenoxy) is 2. The molecule has 3 aromatic rings. The summed E-state index contributed by atoms with van der Waals surface area (Å²) in [6.07, 6.45) is 6.74. The van der Waals surface area contributed by atoms with Crippen LogP contribution >= 0.6 is 11.3 Å². The van der Waals surface area contributed by atoms with Crippen LogP contribution in [0.3, 0.4) is 0 Å². The summed E-state index contributed by atoms with van der Waals surface area (Å²) in [6, 6.07) is 18.1. The minimum atomic E-state index is -0.956. The van der Waals surface area contributed by atoms with Crippen LogP contribution in [0.4, 0.5) is 22.1 Å². The lowest BCUT2D eigenvalue weighted by Crippen LogP contribution is -2.27. The largest absolute Gasteiger partial charge is 0.481 e. The Morgan fingerprint density at radius 1 is 1.04 bits per heavy atom. The highest BCUT2D eigenvalue weighted by Crippen LogP contribution is 2.42. The van der Waals surface area contributed by atoms with Gasteiger partial charge in [0.25, 0.3) is 0 Å². The first-order chi connectivity index (χ1) is 23.3. The molecule has 0 bridgehead atoms. The topological polar surface area (TPSA) is 129 Å². The highest BCUT2D eigenvalue weighted by atomic mass is 32.1. The fraction of sp³-hybridized carbons (Fsp3) is 0.459. The van der Waals surface area contributed by atoms with Gasteiger partial charge in [0.15, 0.2) is 0 Å². The smallest absolute Gasteiger partial charge is 0.307 e. The molecule has 0 aliphatic rings. The van der Waals surface area contributed by atoms with E-state index in [9.17, 15) is 20.0 Å². The van der Waals surface area contributed by atoms with E-state index in [1.54, 1.807) is 6.92 Å². The van der Waals surface area contributed by atoms with Crippen LogP contribution in [0.15, 0.2) is 58.8 Å². The van der Waals surface area contributed by atoms with E-state index in [-0.39, 0.29) is 19.6 Å². The zero-order chi connectivity index (χ0) is 34.7. The third-order valence-corrected chi connectivity index (χ3v) is 9.06. The summed E-state index contributed by atoms with van der Waals surface area (Å²) in [5.74, 6) is -2.19. The zero-order valence-corrected chi connectivity index (χ0v) is 28.9. The SMILES string of the molecule is [C-]#[N+]c1c(N=Nc2ccc(N(CCOCCOC(=O)CC(CCCCCCCC)C(=O)O)Cc3ccccc3)cc2C)sc(C#N)c1C. The maximum atomic E-state index is 12.3. The van der Waals surface area contributed by atoms with Crippen LogP contribution in [0, 0.1) is 37.7 Å². The number of hydrogen-bond acceptors (Lipinski definition) is 9. The van der Waals surface area contributed by atoms with E-state index in [1.807, 2.05) is 43.3 Å². The number of aryl methyl sites for hydroxylation is 1. The average molecular weight is 672 g/mol. The van der Waals surface area contributed by atoms with Crippen LogP contribution in [-0.4, -0.2) is 43.4 Å². The van der Waals surface area contributed by atoms with Crippen molar-refractivity contribution in [2.24, 2.45) is 16.1 Å². The van der Waals surface area contributed by atoms with Crippen LogP contribution < -0.4 is 4.90 Å². The molecule has 0 spiro atoms. The highest BCUT2D eigenvalue weighted by Gasteiger charge is 2.22. The molecule has 3 rings (SSSR count). The van der Waals surface area contributed by atoms with Gasteiger partial charge in [-0.25, -0.2) is 4.85 Å². The summed E-state index contributed by atoms with van der Waals surface area (Å²) in [5, 5.41) is 28.0. The van der Waals surface area contributed by atoms with Gasteiger partial charge in [-0.3, -0.25) is 9.59 Å². The van der Waals surface area contributed by atoms with Crippen LogP contribution in [0.5, 0.6) is 0 Å². The minimum Gasteiger partial charge on any atom is -0.481 e. The van der Waals surface area contributed by atoms with Gasteiger partial charge in [-0.05, 0) is 55.2 Å². The molecule has 11 heteroatoms. The number of carbonyl (C=O) groups excluding carboxylic acids is 1. The first-order valence-corrected chi connectivity index (χ1v) is 17.3. The molecule has 1 aromatic heterocycles. The Morgan fingerprint density at radius 2 is 1.79 bits per heavy atom. The number of thiophene rings is 1. The Labute approximate surface area is 287 Å². The van der Waals surface area contributed by atoms with Gasteiger partial charge in [0.1, 0.15) is 17.7 Å². The van der Waals surface area contributed by atoms with Gasteiger partial charge in [0, 0.05) is 18.8 Å². The molecular weight excluding hydrogens is 627 g/mol. The fourth-order valence-corrected chi connectivity index (χ4v) is 6.05. The standard InChI is InChI=1S/C37H45N5O5S/c1-5-6-7-8-9-13-16-30(37(44)45)24-34(43)47-22-21-46-20-19-42(26-29-14-11-10-12-15-29)31-17-18-32(27(2)23-31)40-41-36-35(39-4)28(3)33(25-38)48-36/h10-12,14-15,17-18,23,30H,5-9,13,16,19-22,24,26H2,1-3H3,(H,44,45). The van der Waals surface area contributed by atoms with E-state index < -0.39 is 17.9 Å². The maximum absolute atomic E-state index is 12.3. The van der Waals surface area contributed by atoms with E-state index in [4.69, 9.17) is 16.0 Å². The second-order valence-corrected chi connectivity index (χ2v) is 12.6. The molecule has 0 aliphatic heterocycles. The highest BCUT2D eigenvalue weighted by molar-refractivity contribution is 7.17. The van der Waals surface area contributed by atoms with Gasteiger partial charge in [-0.15, -0.1) is 11.3 Å². The summed E-state index contributed by atoms with van der Waals surface area (Å²) in [5.41, 5.74) is 4.64. The lowest BCUT2D eigenvalue weighted by Gasteiger charge is -2.25. The van der Waals surface area contributed by atoms with Crippen molar-refractivity contribution in [2.75, 3.05) is 31.3 Å². The van der Waals surface area contributed by atoms with E-state index in [0.717, 1.165) is 60.3 Å². The molecule has 254 valence electrons. The molecule has 1 atom stereocenters. The fourth-order valence-electron chi connectivity index (χ4n) is 5.18. The number of hydrogen-bond donors (Lipinski definition) is 1. The molecule has 10 nitrogen and oxygen atoms in total. The number of aliphatic carboxylic acids is 1. The molecule has 2 aromatic carbocycles. The van der Waals surface area contributed by atoms with E-state index in [0.29, 0.717) is 52.9 Å². The third-order valence-electron chi connectivity index (χ3n) is 7.99. The molecule has 1 heterocycles. The van der Waals surface area contributed by atoms with Crippen LogP contribution in [0.25, 0.3) is 4.85 Å². The van der Waals surface area contributed by atoms with Crippen LogP contribution in [-0.2, 0) is 25.6 Å². The summed E-state index contributed by atoms with van der Waals surface area (Å²) in [7, 11) is 0. The molecule has 0 fully saturated rings. The Morgan fingerprint density at radius 3 is 2.48 bits per heavy atom. The molecule has 0 saturated heterocycles. The number of nitrogens with zero attached hydrogens (tertiary/aromatic N) is 5. The number of esters is 1. The van der Waals surface area contributed by atoms with Gasteiger partial charge >= 0.3 is 11.9 Å². The summed E-state index contributed by atoms with van der Waals surface area (Å²) >= 11 is 1.16. The average Bonchev–Trinajstić information content (AvgIpc) is 3.40. The van der Waals surface area contributed by atoms with Crippen molar-refractivity contribution >= 4 is 45.3 Å².